The van der Waals surface area contributed by atoms with E-state index in [4.69, 9.17) is 16.3 Å². The summed E-state index contributed by atoms with van der Waals surface area (Å²) in [5, 5.41) is 2.64. The Bertz CT molecular complexity index is 622. The largest absolute Gasteiger partial charge is 0.448 e. The molecule has 1 N–H and O–H groups in total. The standard InChI is InChI=1S/C15H16ClF3N2O3/c16-5-8-24-15(23)20-9-3-6-21(7-4-9)14(22)10-1-2-11(17)13(19)12(10)18/h1-2,9H,3-8H2,(H,20,23). The zero-order valence-electron chi connectivity index (χ0n) is 12.7. The quantitative estimate of drug-likeness (QED) is 0.660. The number of halogens is 4. The van der Waals surface area contributed by atoms with Crippen molar-refractivity contribution in [3.8, 4) is 0 Å². The van der Waals surface area contributed by atoms with E-state index in [2.05, 4.69) is 5.32 Å². The number of hydrogen-bond donors (Lipinski definition) is 1. The van der Waals surface area contributed by atoms with Crippen molar-refractivity contribution >= 4 is 23.6 Å². The van der Waals surface area contributed by atoms with Crippen LogP contribution in [-0.2, 0) is 4.74 Å². The lowest BCUT2D eigenvalue weighted by Gasteiger charge is -2.32. The summed E-state index contributed by atoms with van der Waals surface area (Å²) >= 11 is 5.40. The van der Waals surface area contributed by atoms with Crippen molar-refractivity contribution in [3.05, 3.63) is 35.1 Å². The summed E-state index contributed by atoms with van der Waals surface area (Å²) in [6, 6.07) is 1.45. The average molecular weight is 365 g/mol. The number of alkyl carbamates (subject to hydrolysis) is 1. The minimum absolute atomic E-state index is 0.0973. The van der Waals surface area contributed by atoms with Gasteiger partial charge in [-0.2, -0.15) is 0 Å². The molecular formula is C15H16ClF3N2O3. The van der Waals surface area contributed by atoms with E-state index in [0.717, 1.165) is 6.07 Å². The molecule has 0 saturated carbocycles. The topological polar surface area (TPSA) is 58.6 Å². The van der Waals surface area contributed by atoms with Crippen molar-refractivity contribution < 1.29 is 27.5 Å². The molecule has 24 heavy (non-hydrogen) atoms. The molecule has 1 saturated heterocycles. The molecule has 0 spiro atoms. The number of benzene rings is 1. The van der Waals surface area contributed by atoms with Crippen LogP contribution >= 0.6 is 11.6 Å². The van der Waals surface area contributed by atoms with E-state index in [1.165, 1.54) is 4.90 Å². The van der Waals surface area contributed by atoms with E-state index in [-0.39, 0.29) is 31.6 Å². The van der Waals surface area contributed by atoms with Gasteiger partial charge in [0.2, 0.25) is 0 Å². The Morgan fingerprint density at radius 3 is 2.50 bits per heavy atom. The predicted molar refractivity (Wildman–Crippen MR) is 80.4 cm³/mol. The second-order valence-corrected chi connectivity index (χ2v) is 5.64. The van der Waals surface area contributed by atoms with Crippen LogP contribution < -0.4 is 5.32 Å². The van der Waals surface area contributed by atoms with Crippen molar-refractivity contribution in [2.24, 2.45) is 0 Å². The Balaban J connectivity index is 1.91. The van der Waals surface area contributed by atoms with Gasteiger partial charge in [0, 0.05) is 19.1 Å². The average Bonchev–Trinajstić information content (AvgIpc) is 2.58. The number of alkyl halides is 1. The van der Waals surface area contributed by atoms with Gasteiger partial charge in [0.1, 0.15) is 6.61 Å². The Morgan fingerprint density at radius 1 is 1.21 bits per heavy atom. The zero-order valence-corrected chi connectivity index (χ0v) is 13.4. The first kappa shape index (κ1) is 18.4. The number of amides is 2. The molecule has 2 amide bonds. The van der Waals surface area contributed by atoms with E-state index in [1.54, 1.807) is 0 Å². The highest BCUT2D eigenvalue weighted by Crippen LogP contribution is 2.19. The fourth-order valence-electron chi connectivity index (χ4n) is 2.43. The molecule has 0 atom stereocenters. The van der Waals surface area contributed by atoms with Crippen molar-refractivity contribution in [1.29, 1.82) is 0 Å². The molecule has 132 valence electrons. The highest BCUT2D eigenvalue weighted by Gasteiger charge is 2.28. The van der Waals surface area contributed by atoms with Crippen molar-refractivity contribution in [3.63, 3.8) is 0 Å². The van der Waals surface area contributed by atoms with E-state index in [1.807, 2.05) is 0 Å². The predicted octanol–water partition coefficient (Wildman–Crippen LogP) is 2.67. The second-order valence-electron chi connectivity index (χ2n) is 5.26. The van der Waals surface area contributed by atoms with Crippen molar-refractivity contribution in [2.45, 2.75) is 18.9 Å². The maximum Gasteiger partial charge on any atom is 0.407 e. The van der Waals surface area contributed by atoms with Crippen LogP contribution in [-0.4, -0.2) is 48.5 Å². The highest BCUT2D eigenvalue weighted by molar-refractivity contribution is 6.18. The third-order valence-electron chi connectivity index (χ3n) is 3.68. The van der Waals surface area contributed by atoms with Gasteiger partial charge in [0.25, 0.3) is 5.91 Å². The highest BCUT2D eigenvalue weighted by atomic mass is 35.5. The lowest BCUT2D eigenvalue weighted by atomic mass is 10.0. The molecule has 0 radical (unpaired) electrons. The van der Waals surface area contributed by atoms with Gasteiger partial charge < -0.3 is 15.0 Å². The molecule has 1 aromatic rings. The normalized spacial score (nSPS) is 15.2. The molecule has 0 bridgehead atoms. The van der Waals surface area contributed by atoms with E-state index >= 15 is 0 Å². The smallest absolute Gasteiger partial charge is 0.407 e. The SMILES string of the molecule is O=C(NC1CCN(C(=O)c2ccc(F)c(F)c2F)CC1)OCCCl. The minimum atomic E-state index is -1.67. The number of carbonyl (C=O) groups is 2. The van der Waals surface area contributed by atoms with Gasteiger partial charge in [-0.25, -0.2) is 18.0 Å². The summed E-state index contributed by atoms with van der Waals surface area (Å²) in [7, 11) is 0. The van der Waals surface area contributed by atoms with Crippen molar-refractivity contribution in [2.75, 3.05) is 25.6 Å². The van der Waals surface area contributed by atoms with Crippen molar-refractivity contribution in [1.82, 2.24) is 10.2 Å². The maximum atomic E-state index is 13.7. The van der Waals surface area contributed by atoms with Crippen LogP contribution in [0.4, 0.5) is 18.0 Å². The second kappa shape index (κ2) is 8.23. The van der Waals surface area contributed by atoms with Gasteiger partial charge in [-0.3, -0.25) is 4.79 Å². The van der Waals surface area contributed by atoms with Crippen LogP contribution in [0.1, 0.15) is 23.2 Å². The van der Waals surface area contributed by atoms with Crippen LogP contribution in [0.2, 0.25) is 0 Å². The first-order valence-corrected chi connectivity index (χ1v) is 7.89. The number of hydrogen-bond acceptors (Lipinski definition) is 3. The number of piperidine rings is 1. The Hall–Kier alpha value is -1.96. The molecule has 1 heterocycles. The third-order valence-corrected chi connectivity index (χ3v) is 3.83. The van der Waals surface area contributed by atoms with Gasteiger partial charge in [-0.05, 0) is 25.0 Å². The lowest BCUT2D eigenvalue weighted by molar-refractivity contribution is 0.0696. The molecule has 0 aromatic heterocycles. The summed E-state index contributed by atoms with van der Waals surface area (Å²) in [5.74, 6) is -5.03. The molecule has 2 rings (SSSR count). The van der Waals surface area contributed by atoms with Crippen LogP contribution in [0.5, 0.6) is 0 Å². The van der Waals surface area contributed by atoms with Crippen LogP contribution in [0.15, 0.2) is 12.1 Å². The van der Waals surface area contributed by atoms with Crippen LogP contribution in [0.25, 0.3) is 0 Å². The Kier molecular flexibility index (Phi) is 6.30. The fourth-order valence-corrected chi connectivity index (χ4v) is 2.51. The molecule has 0 aliphatic carbocycles. The Labute approximate surface area is 141 Å². The monoisotopic (exact) mass is 364 g/mol. The molecule has 9 heteroatoms. The minimum Gasteiger partial charge on any atom is -0.448 e. The maximum absolute atomic E-state index is 13.7. The molecule has 1 fully saturated rings. The van der Waals surface area contributed by atoms with Gasteiger partial charge in [-0.1, -0.05) is 0 Å². The van der Waals surface area contributed by atoms with Crippen LogP contribution in [0.3, 0.4) is 0 Å². The molecule has 0 unspecified atom stereocenters. The molecule has 1 aromatic carbocycles. The molecule has 5 nitrogen and oxygen atoms in total. The molecule has 1 aliphatic heterocycles. The van der Waals surface area contributed by atoms with Gasteiger partial charge in [0.05, 0.1) is 11.4 Å². The van der Waals surface area contributed by atoms with Gasteiger partial charge in [0.15, 0.2) is 17.5 Å². The number of likely N-dealkylation sites (tertiary alicyclic amines) is 1. The number of ether oxygens (including phenoxy) is 1. The van der Waals surface area contributed by atoms with Crippen LogP contribution in [0, 0.1) is 17.5 Å². The van der Waals surface area contributed by atoms with E-state index in [9.17, 15) is 22.8 Å². The van der Waals surface area contributed by atoms with Gasteiger partial charge in [-0.15, -0.1) is 11.6 Å². The number of nitrogens with zero attached hydrogens (tertiary/aromatic N) is 1. The number of nitrogens with one attached hydrogen (secondary N) is 1. The van der Waals surface area contributed by atoms with Gasteiger partial charge >= 0.3 is 6.09 Å². The lowest BCUT2D eigenvalue weighted by Crippen LogP contribution is -2.47. The zero-order chi connectivity index (χ0) is 17.7. The first-order valence-electron chi connectivity index (χ1n) is 7.36. The first-order chi connectivity index (χ1) is 11.4. The summed E-state index contributed by atoms with van der Waals surface area (Å²) in [4.78, 5) is 25.0. The summed E-state index contributed by atoms with van der Waals surface area (Å²) in [5.41, 5.74) is -0.512. The third kappa shape index (κ3) is 4.31. The van der Waals surface area contributed by atoms with E-state index < -0.39 is 35.0 Å². The molecular weight excluding hydrogens is 349 g/mol. The van der Waals surface area contributed by atoms with E-state index in [0.29, 0.717) is 18.9 Å². The summed E-state index contributed by atoms with van der Waals surface area (Å²) in [6.45, 7) is 0.593. The summed E-state index contributed by atoms with van der Waals surface area (Å²) in [6.07, 6.45) is 0.284. The summed E-state index contributed by atoms with van der Waals surface area (Å²) < 4.78 is 44.6. The number of rotatable bonds is 4. The molecule has 1 aliphatic rings. The fraction of sp³-hybridized carbons (Fsp3) is 0.467. The Morgan fingerprint density at radius 2 is 1.88 bits per heavy atom. The number of carbonyl (C=O) groups excluding carboxylic acids is 2.